The van der Waals surface area contributed by atoms with Gasteiger partial charge in [0.05, 0.1) is 15.7 Å². The first-order valence-corrected chi connectivity index (χ1v) is 8.82. The van der Waals surface area contributed by atoms with Crippen molar-refractivity contribution < 1.29 is 22.7 Å². The lowest BCUT2D eigenvalue weighted by atomic mass is 10.1. The van der Waals surface area contributed by atoms with E-state index in [4.69, 9.17) is 27.9 Å². The molecule has 1 atom stereocenters. The molecule has 0 aliphatic carbocycles. The van der Waals surface area contributed by atoms with Crippen LogP contribution in [0, 0.1) is 0 Å². The Morgan fingerprint density at radius 2 is 1.90 bits per heavy atom. The maximum absolute atomic E-state index is 13.3. The van der Waals surface area contributed by atoms with Crippen molar-refractivity contribution in [3.05, 3.63) is 69.6 Å². The molecule has 0 spiro atoms. The van der Waals surface area contributed by atoms with Crippen LogP contribution >= 0.6 is 23.2 Å². The van der Waals surface area contributed by atoms with Gasteiger partial charge in [-0.3, -0.25) is 4.79 Å². The zero-order valence-electron chi connectivity index (χ0n) is 14.2. The van der Waals surface area contributed by atoms with Crippen molar-refractivity contribution in [2.24, 2.45) is 4.99 Å². The maximum Gasteiger partial charge on any atom is 0.435 e. The van der Waals surface area contributed by atoms with Gasteiger partial charge in [-0.2, -0.15) is 18.3 Å². The van der Waals surface area contributed by atoms with Crippen molar-refractivity contribution >= 4 is 41.1 Å². The molecule has 0 bridgehead atoms. The molecule has 0 saturated heterocycles. The van der Waals surface area contributed by atoms with Crippen LogP contribution in [0.1, 0.15) is 23.1 Å². The lowest BCUT2D eigenvalue weighted by molar-refractivity contribution is -0.141. The Morgan fingerprint density at radius 3 is 2.59 bits per heavy atom. The number of aromatic nitrogens is 3. The SMILES string of the molecule is O=CC1OC(c2cc(C(F)(F)F)nn2-c2ncccc2Cl)=Nc2cccc(Cl)c21. The van der Waals surface area contributed by atoms with Crippen LogP contribution in [-0.2, 0) is 15.7 Å². The second-order valence-electron chi connectivity index (χ2n) is 5.90. The largest absolute Gasteiger partial charge is 0.460 e. The molecule has 0 N–H and O–H groups in total. The zero-order chi connectivity index (χ0) is 20.8. The molecule has 3 aromatic rings. The third kappa shape index (κ3) is 3.47. The van der Waals surface area contributed by atoms with Gasteiger partial charge in [-0.05, 0) is 24.3 Å². The Balaban J connectivity index is 1.94. The molecule has 1 aliphatic heterocycles. The number of aliphatic imine (C=N–C) groups is 1. The van der Waals surface area contributed by atoms with E-state index in [2.05, 4.69) is 15.1 Å². The Bertz CT molecular complexity index is 1140. The third-order valence-corrected chi connectivity index (χ3v) is 4.68. The Labute approximate surface area is 171 Å². The van der Waals surface area contributed by atoms with Crippen molar-refractivity contribution in [3.8, 4) is 5.82 Å². The van der Waals surface area contributed by atoms with Gasteiger partial charge >= 0.3 is 6.18 Å². The van der Waals surface area contributed by atoms with Gasteiger partial charge in [-0.25, -0.2) is 14.7 Å². The highest BCUT2D eigenvalue weighted by atomic mass is 35.5. The van der Waals surface area contributed by atoms with E-state index >= 15 is 0 Å². The minimum absolute atomic E-state index is 0.0505. The molecule has 2 aromatic heterocycles. The number of carbonyl (C=O) groups is 1. The van der Waals surface area contributed by atoms with Gasteiger partial charge in [0.15, 0.2) is 23.9 Å². The van der Waals surface area contributed by atoms with Crippen LogP contribution in [0.15, 0.2) is 47.6 Å². The quantitative estimate of drug-likeness (QED) is 0.540. The normalized spacial score (nSPS) is 16.0. The summed E-state index contributed by atoms with van der Waals surface area (Å²) in [4.78, 5) is 19.8. The summed E-state index contributed by atoms with van der Waals surface area (Å²) in [5.74, 6) is -0.299. The lowest BCUT2D eigenvalue weighted by Crippen LogP contribution is -2.21. The fourth-order valence-corrected chi connectivity index (χ4v) is 3.28. The average molecular weight is 441 g/mol. The molecule has 1 aliphatic rings. The van der Waals surface area contributed by atoms with Gasteiger partial charge in [0, 0.05) is 17.8 Å². The summed E-state index contributed by atoms with van der Waals surface area (Å²) < 4.78 is 46.4. The second-order valence-corrected chi connectivity index (χ2v) is 6.71. The molecule has 11 heteroatoms. The first-order valence-electron chi connectivity index (χ1n) is 8.07. The fourth-order valence-electron chi connectivity index (χ4n) is 2.80. The van der Waals surface area contributed by atoms with Gasteiger partial charge in [0.2, 0.25) is 5.90 Å². The minimum atomic E-state index is -4.73. The molecule has 1 aromatic carbocycles. The number of alkyl halides is 3. The number of benzene rings is 1. The van der Waals surface area contributed by atoms with Crippen molar-refractivity contribution in [3.63, 3.8) is 0 Å². The number of hydrogen-bond acceptors (Lipinski definition) is 5. The summed E-state index contributed by atoms with van der Waals surface area (Å²) in [5, 5.41) is 3.90. The van der Waals surface area contributed by atoms with E-state index in [1.54, 1.807) is 18.2 Å². The first kappa shape index (κ1) is 19.4. The monoisotopic (exact) mass is 440 g/mol. The Morgan fingerprint density at radius 1 is 1.14 bits per heavy atom. The predicted octanol–water partition coefficient (Wildman–Crippen LogP) is 4.94. The predicted molar refractivity (Wildman–Crippen MR) is 98.9 cm³/mol. The number of pyridine rings is 1. The van der Waals surface area contributed by atoms with E-state index in [0.29, 0.717) is 17.5 Å². The van der Waals surface area contributed by atoms with E-state index in [9.17, 15) is 18.0 Å². The van der Waals surface area contributed by atoms with Crippen LogP contribution in [0.5, 0.6) is 0 Å². The van der Waals surface area contributed by atoms with Crippen LogP contribution in [0.25, 0.3) is 5.82 Å². The molecule has 29 heavy (non-hydrogen) atoms. The summed E-state index contributed by atoms with van der Waals surface area (Å²) in [6.07, 6.45) is -4.05. The van der Waals surface area contributed by atoms with E-state index in [1.807, 2.05) is 0 Å². The van der Waals surface area contributed by atoms with E-state index in [-0.39, 0.29) is 27.5 Å². The third-order valence-electron chi connectivity index (χ3n) is 4.06. The van der Waals surface area contributed by atoms with Gasteiger partial charge in [-0.1, -0.05) is 29.3 Å². The molecule has 3 heterocycles. The van der Waals surface area contributed by atoms with Gasteiger partial charge in [-0.15, -0.1) is 0 Å². The molecular weight excluding hydrogens is 432 g/mol. The highest BCUT2D eigenvalue weighted by Gasteiger charge is 2.37. The molecule has 1 unspecified atom stereocenters. The maximum atomic E-state index is 13.3. The number of fused-ring (bicyclic) bond motifs is 1. The lowest BCUT2D eigenvalue weighted by Gasteiger charge is -2.23. The summed E-state index contributed by atoms with van der Waals surface area (Å²) in [6, 6.07) is 8.45. The molecule has 6 nitrogen and oxygen atoms in total. The summed E-state index contributed by atoms with van der Waals surface area (Å²) in [7, 11) is 0. The number of carbonyl (C=O) groups excluding carboxylic acids is 1. The number of nitrogens with zero attached hydrogens (tertiary/aromatic N) is 4. The number of ether oxygens (including phenoxy) is 1. The highest BCUT2D eigenvalue weighted by molar-refractivity contribution is 6.32. The van der Waals surface area contributed by atoms with Crippen molar-refractivity contribution in [2.75, 3.05) is 0 Å². The summed E-state index contributed by atoms with van der Waals surface area (Å²) in [5.41, 5.74) is -0.745. The van der Waals surface area contributed by atoms with Crippen molar-refractivity contribution in [2.45, 2.75) is 12.3 Å². The van der Waals surface area contributed by atoms with Crippen LogP contribution in [0.3, 0.4) is 0 Å². The Hall–Kier alpha value is -2.91. The van der Waals surface area contributed by atoms with Crippen molar-refractivity contribution in [1.29, 1.82) is 0 Å². The molecule has 0 saturated carbocycles. The van der Waals surface area contributed by atoms with Crippen LogP contribution in [0.2, 0.25) is 10.0 Å². The molecule has 148 valence electrons. The Kier molecular flexibility index (Phi) is 4.79. The molecule has 4 rings (SSSR count). The molecule has 0 radical (unpaired) electrons. The number of hydrogen-bond donors (Lipinski definition) is 0. The van der Waals surface area contributed by atoms with E-state index < -0.39 is 18.0 Å². The number of aldehydes is 1. The average Bonchev–Trinajstić information content (AvgIpc) is 3.13. The van der Waals surface area contributed by atoms with Crippen LogP contribution in [0.4, 0.5) is 18.9 Å². The molecular formula is C18H9Cl2F3N4O2. The van der Waals surface area contributed by atoms with Gasteiger partial charge in [0.25, 0.3) is 0 Å². The zero-order valence-corrected chi connectivity index (χ0v) is 15.7. The van der Waals surface area contributed by atoms with Gasteiger partial charge < -0.3 is 4.74 Å². The number of halogens is 5. The number of rotatable bonds is 3. The second kappa shape index (κ2) is 7.16. The first-order chi connectivity index (χ1) is 13.8. The van der Waals surface area contributed by atoms with Crippen LogP contribution < -0.4 is 0 Å². The molecule has 0 amide bonds. The molecule has 0 fully saturated rings. The fraction of sp³-hybridized carbons (Fsp3) is 0.111. The summed E-state index contributed by atoms with van der Waals surface area (Å²) >= 11 is 12.2. The van der Waals surface area contributed by atoms with Crippen LogP contribution in [-0.4, -0.2) is 26.9 Å². The topological polar surface area (TPSA) is 69.4 Å². The minimum Gasteiger partial charge on any atom is -0.460 e. The van der Waals surface area contributed by atoms with E-state index in [0.717, 1.165) is 10.7 Å². The van der Waals surface area contributed by atoms with E-state index in [1.165, 1.54) is 18.3 Å². The summed E-state index contributed by atoms with van der Waals surface area (Å²) in [6.45, 7) is 0. The standard InChI is InChI=1S/C18H9Cl2F3N4O2/c19-9-3-1-5-11-15(9)13(8-28)29-17(25-11)12-7-14(18(21,22)23)26-27(12)16-10(20)4-2-6-24-16/h1-8,13H. The van der Waals surface area contributed by atoms with Crippen molar-refractivity contribution in [1.82, 2.24) is 14.8 Å². The highest BCUT2D eigenvalue weighted by Crippen LogP contribution is 2.39. The van der Waals surface area contributed by atoms with Gasteiger partial charge in [0.1, 0.15) is 5.69 Å². The smallest absolute Gasteiger partial charge is 0.435 e.